The van der Waals surface area contributed by atoms with Gasteiger partial charge < -0.3 is 9.30 Å². The molecule has 47 heavy (non-hydrogen) atoms. The zero-order valence-electron chi connectivity index (χ0n) is 26.6. The van der Waals surface area contributed by atoms with Gasteiger partial charge in [0.05, 0.1) is 4.92 Å². The molecule has 7 nitrogen and oxygen atoms in total. The molecule has 1 aliphatic carbocycles. The number of para-hydroxylation sites is 1. The van der Waals surface area contributed by atoms with Crippen LogP contribution in [-0.4, -0.2) is 21.4 Å². The van der Waals surface area contributed by atoms with E-state index in [9.17, 15) is 14.9 Å². The fourth-order valence-electron chi connectivity index (χ4n) is 6.07. The Hall–Kier alpha value is -5.82. The van der Waals surface area contributed by atoms with E-state index in [4.69, 9.17) is 4.74 Å². The molecule has 2 heterocycles. The molecule has 0 N–H and O–H groups in total. The van der Waals surface area contributed by atoms with Gasteiger partial charge in [-0.3, -0.25) is 10.1 Å². The van der Waals surface area contributed by atoms with Crippen LogP contribution in [0, 0.1) is 15.5 Å². The molecule has 234 valence electrons. The van der Waals surface area contributed by atoms with Crippen molar-refractivity contribution < 1.29 is 14.5 Å². The predicted octanol–water partition coefficient (Wildman–Crippen LogP) is 9.48. The molecule has 2 aliphatic rings. The first-order valence-corrected chi connectivity index (χ1v) is 15.5. The Kier molecular flexibility index (Phi) is 8.80. The van der Waals surface area contributed by atoms with Crippen molar-refractivity contribution in [2.45, 2.75) is 26.7 Å². The van der Waals surface area contributed by atoms with Crippen molar-refractivity contribution in [2.24, 2.45) is 17.5 Å². The number of nitro groups is 1. The summed E-state index contributed by atoms with van der Waals surface area (Å²) < 4.78 is 7.47. The number of esters is 1. The molecule has 0 saturated carbocycles. The number of hydrogen-bond donors (Lipinski definition) is 0. The number of allylic oxidation sites excluding steroid dienone is 12. The smallest absolute Gasteiger partial charge is 0.363 e. The van der Waals surface area contributed by atoms with E-state index in [1.54, 1.807) is 18.2 Å². The lowest BCUT2D eigenvalue weighted by atomic mass is 9.75. The number of nitro benzene ring substituents is 1. The average molecular weight is 622 g/mol. The number of aliphatic imine (C=N–C) groups is 1. The number of carbonyl (C=O) groups excluding carboxylic acids is 1. The highest BCUT2D eigenvalue weighted by Crippen LogP contribution is 2.39. The molecule has 0 bridgehead atoms. The summed E-state index contributed by atoms with van der Waals surface area (Å²) in [5, 5.41) is 13.4. The van der Waals surface area contributed by atoms with Gasteiger partial charge in [0, 0.05) is 46.5 Å². The first kappa shape index (κ1) is 31.2. The molecule has 6 rings (SSSR count). The SMILES string of the molecule is Cn1c2ccccc2c2cc(/C=C/C3=CC(=C/C=C/C=C/C=C/C=C4/N=C(c5ccc([N+](=O)[O-])cc5)OC4=O)/CC(C)(C)C3)ccc21. The van der Waals surface area contributed by atoms with Crippen molar-refractivity contribution in [2.75, 3.05) is 0 Å². The van der Waals surface area contributed by atoms with Crippen LogP contribution in [0.2, 0.25) is 0 Å². The Labute approximate surface area is 273 Å². The van der Waals surface area contributed by atoms with Crippen LogP contribution < -0.4 is 0 Å². The number of nitrogens with zero attached hydrogens (tertiary/aromatic N) is 3. The average Bonchev–Trinajstić information content (AvgIpc) is 3.57. The van der Waals surface area contributed by atoms with E-state index in [-0.39, 0.29) is 22.7 Å². The topological polar surface area (TPSA) is 86.7 Å². The fourth-order valence-corrected chi connectivity index (χ4v) is 6.07. The zero-order chi connectivity index (χ0) is 33.0. The summed E-state index contributed by atoms with van der Waals surface area (Å²) in [6.45, 7) is 4.62. The maximum Gasteiger partial charge on any atom is 0.363 e. The van der Waals surface area contributed by atoms with E-state index >= 15 is 0 Å². The minimum Gasteiger partial charge on any atom is -0.402 e. The van der Waals surface area contributed by atoms with Crippen LogP contribution in [0.4, 0.5) is 5.69 Å². The number of aromatic nitrogens is 1. The molecule has 4 aromatic rings. The number of cyclic esters (lactones) is 1. The Bertz CT molecular complexity index is 2130. The normalized spacial score (nSPS) is 18.5. The summed E-state index contributed by atoms with van der Waals surface area (Å²) in [5.41, 5.74) is 7.06. The molecule has 7 heteroatoms. The molecule has 0 atom stereocenters. The molecule has 0 fully saturated rings. The summed E-state index contributed by atoms with van der Waals surface area (Å²) >= 11 is 0. The van der Waals surface area contributed by atoms with Crippen LogP contribution in [0.25, 0.3) is 27.9 Å². The Balaban J connectivity index is 1.09. The van der Waals surface area contributed by atoms with Crippen molar-refractivity contribution in [3.05, 3.63) is 166 Å². The highest BCUT2D eigenvalue weighted by Gasteiger charge is 2.25. The number of hydrogen-bond acceptors (Lipinski definition) is 5. The van der Waals surface area contributed by atoms with Gasteiger partial charge in [0.25, 0.3) is 5.69 Å². The van der Waals surface area contributed by atoms with E-state index < -0.39 is 10.9 Å². The van der Waals surface area contributed by atoms with Crippen LogP contribution in [0.3, 0.4) is 0 Å². The largest absolute Gasteiger partial charge is 0.402 e. The fraction of sp³-hybridized carbons (Fsp3) is 0.150. The number of benzene rings is 3. The molecular weight excluding hydrogens is 586 g/mol. The van der Waals surface area contributed by atoms with Crippen molar-refractivity contribution in [3.63, 3.8) is 0 Å². The number of carbonyl (C=O) groups is 1. The van der Waals surface area contributed by atoms with Gasteiger partial charge in [0.1, 0.15) is 0 Å². The lowest BCUT2D eigenvalue weighted by molar-refractivity contribution is -0.384. The third kappa shape index (κ3) is 7.20. The number of rotatable bonds is 8. The van der Waals surface area contributed by atoms with Gasteiger partial charge in [-0.15, -0.1) is 0 Å². The first-order valence-electron chi connectivity index (χ1n) is 15.5. The van der Waals surface area contributed by atoms with Crippen LogP contribution in [-0.2, 0) is 16.6 Å². The van der Waals surface area contributed by atoms with Gasteiger partial charge in [-0.1, -0.05) is 98.9 Å². The van der Waals surface area contributed by atoms with Crippen molar-refractivity contribution >= 4 is 45.4 Å². The maximum atomic E-state index is 12.2. The van der Waals surface area contributed by atoms with E-state index in [1.807, 2.05) is 24.3 Å². The summed E-state index contributed by atoms with van der Waals surface area (Å²) in [7, 11) is 2.12. The minimum absolute atomic E-state index is 0.0442. The Morgan fingerprint density at radius 2 is 1.55 bits per heavy atom. The number of aryl methyl sites for hydroxylation is 1. The second-order valence-corrected chi connectivity index (χ2v) is 12.5. The van der Waals surface area contributed by atoms with E-state index in [0.717, 1.165) is 12.8 Å². The third-order valence-electron chi connectivity index (χ3n) is 8.23. The lowest BCUT2D eigenvalue weighted by Gasteiger charge is -2.30. The summed E-state index contributed by atoms with van der Waals surface area (Å²) in [6.07, 6.45) is 23.9. The van der Waals surface area contributed by atoms with E-state index in [0.29, 0.717) is 5.56 Å². The molecule has 0 spiro atoms. The van der Waals surface area contributed by atoms with Crippen LogP contribution in [0.1, 0.15) is 37.8 Å². The van der Waals surface area contributed by atoms with Crippen LogP contribution in [0.15, 0.2) is 149 Å². The predicted molar refractivity (Wildman–Crippen MR) is 190 cm³/mol. The van der Waals surface area contributed by atoms with Gasteiger partial charge in [-0.2, -0.15) is 0 Å². The van der Waals surface area contributed by atoms with Crippen molar-refractivity contribution in [1.29, 1.82) is 0 Å². The quantitative estimate of drug-likeness (QED) is 0.0645. The number of ether oxygens (including phenoxy) is 1. The lowest BCUT2D eigenvalue weighted by Crippen LogP contribution is -2.16. The number of fused-ring (bicyclic) bond motifs is 3. The summed E-state index contributed by atoms with van der Waals surface area (Å²) in [4.78, 5) is 26.7. The Morgan fingerprint density at radius 1 is 0.851 bits per heavy atom. The zero-order valence-corrected chi connectivity index (χ0v) is 26.6. The van der Waals surface area contributed by atoms with Crippen molar-refractivity contribution in [1.82, 2.24) is 4.57 Å². The van der Waals surface area contributed by atoms with E-state index in [2.05, 4.69) is 97.2 Å². The molecule has 0 saturated heterocycles. The minimum atomic E-state index is -0.568. The monoisotopic (exact) mass is 621 g/mol. The highest BCUT2D eigenvalue weighted by atomic mass is 16.6. The molecule has 0 amide bonds. The van der Waals surface area contributed by atoms with Gasteiger partial charge >= 0.3 is 5.97 Å². The van der Waals surface area contributed by atoms with Gasteiger partial charge in [0.2, 0.25) is 5.90 Å². The van der Waals surface area contributed by atoms with E-state index in [1.165, 1.54) is 62.8 Å². The second kappa shape index (κ2) is 13.3. The Morgan fingerprint density at radius 3 is 2.32 bits per heavy atom. The number of non-ortho nitro benzene ring substituents is 1. The van der Waals surface area contributed by atoms with Gasteiger partial charge in [-0.25, -0.2) is 9.79 Å². The summed E-state index contributed by atoms with van der Waals surface area (Å²) in [6, 6.07) is 20.9. The van der Waals surface area contributed by atoms with Crippen LogP contribution in [0.5, 0.6) is 0 Å². The molecule has 1 aliphatic heterocycles. The summed E-state index contributed by atoms with van der Waals surface area (Å²) in [5.74, 6) is -0.445. The van der Waals surface area contributed by atoms with Gasteiger partial charge in [0.15, 0.2) is 5.70 Å². The molecular formula is C40H35N3O4. The van der Waals surface area contributed by atoms with Crippen LogP contribution >= 0.6 is 0 Å². The third-order valence-corrected chi connectivity index (χ3v) is 8.23. The standard InChI is InChI=1S/C40H35N3O4/c1-40(2)26-29(24-30(27-40)17-16-28-18-23-37-34(25-28)33-13-10-11-15-36(33)42(37)3)12-8-6-4-5-7-9-14-35-39(44)47-38(41-35)31-19-21-32(22-20-31)43(45)46/h4-25H,26-27H2,1-3H3/b5-4+,8-6+,9-7+,17-16+,29-12-,35-14+. The highest BCUT2D eigenvalue weighted by molar-refractivity contribution is 6.11. The van der Waals surface area contributed by atoms with Crippen molar-refractivity contribution in [3.8, 4) is 0 Å². The maximum absolute atomic E-state index is 12.2. The first-order chi connectivity index (χ1) is 22.7. The molecule has 1 aromatic heterocycles. The van der Waals surface area contributed by atoms with Gasteiger partial charge in [-0.05, 0) is 71.4 Å². The molecule has 0 unspecified atom stereocenters. The molecule has 3 aromatic carbocycles. The second-order valence-electron chi connectivity index (χ2n) is 12.5. The molecule has 0 radical (unpaired) electrons.